The first kappa shape index (κ1) is 11.9. The summed E-state index contributed by atoms with van der Waals surface area (Å²) in [6.45, 7) is 0. The average Bonchev–Trinajstić information content (AvgIpc) is 2.45. The first-order chi connectivity index (χ1) is 8.10. The van der Waals surface area contributed by atoms with Crippen LogP contribution in [0.25, 0.3) is 6.08 Å². The van der Waals surface area contributed by atoms with Gasteiger partial charge in [0.2, 0.25) is 5.91 Å². The maximum Gasteiger partial charge on any atom is 0.334 e. The summed E-state index contributed by atoms with van der Waals surface area (Å²) in [4.78, 5) is 23.1. The largest absolute Gasteiger partial charge is 0.466 e. The maximum absolute atomic E-state index is 11.6. The van der Waals surface area contributed by atoms with Crippen LogP contribution in [0.4, 0.5) is 5.69 Å². The van der Waals surface area contributed by atoms with Gasteiger partial charge in [-0.15, -0.1) is 0 Å². The molecule has 4 nitrogen and oxygen atoms in total. The first-order valence-corrected chi connectivity index (χ1v) is 5.78. The number of fused-ring (bicyclic) bond motifs is 1. The molecule has 1 aromatic carbocycles. The summed E-state index contributed by atoms with van der Waals surface area (Å²) in [5.41, 5.74) is 1.83. The number of carbonyl (C=O) groups is 2. The van der Waals surface area contributed by atoms with Crippen molar-refractivity contribution in [2.75, 3.05) is 12.4 Å². The van der Waals surface area contributed by atoms with Crippen molar-refractivity contribution >= 4 is 39.6 Å². The Kier molecular flexibility index (Phi) is 3.28. The highest BCUT2D eigenvalue weighted by Crippen LogP contribution is 2.27. The lowest BCUT2D eigenvalue weighted by molar-refractivity contribution is -0.136. The van der Waals surface area contributed by atoms with Gasteiger partial charge in [-0.05, 0) is 23.8 Å². The number of ether oxygens (including phenoxy) is 1. The van der Waals surface area contributed by atoms with Crippen LogP contribution in [0.5, 0.6) is 0 Å². The van der Waals surface area contributed by atoms with E-state index in [2.05, 4.69) is 26.0 Å². The van der Waals surface area contributed by atoms with E-state index in [4.69, 9.17) is 0 Å². The SMILES string of the molecule is COC(=O)C1=Cc2ccc(Br)cc2NC(=O)C1. The molecule has 0 saturated carbocycles. The van der Waals surface area contributed by atoms with Crippen molar-refractivity contribution in [3.8, 4) is 0 Å². The Morgan fingerprint density at radius 1 is 1.47 bits per heavy atom. The molecule has 88 valence electrons. The average molecular weight is 296 g/mol. The van der Waals surface area contributed by atoms with E-state index in [0.717, 1.165) is 10.0 Å². The molecule has 0 unspecified atom stereocenters. The zero-order valence-corrected chi connectivity index (χ0v) is 10.7. The monoisotopic (exact) mass is 295 g/mol. The molecule has 0 aliphatic carbocycles. The third-order valence-corrected chi connectivity index (χ3v) is 2.91. The van der Waals surface area contributed by atoms with Crippen molar-refractivity contribution in [1.29, 1.82) is 0 Å². The fourth-order valence-corrected chi connectivity index (χ4v) is 1.99. The smallest absolute Gasteiger partial charge is 0.334 e. The molecule has 0 fully saturated rings. The van der Waals surface area contributed by atoms with E-state index in [-0.39, 0.29) is 12.3 Å². The number of hydrogen-bond acceptors (Lipinski definition) is 3. The highest BCUT2D eigenvalue weighted by molar-refractivity contribution is 9.10. The first-order valence-electron chi connectivity index (χ1n) is 4.98. The predicted molar refractivity (Wildman–Crippen MR) is 67.4 cm³/mol. The number of nitrogens with one attached hydrogen (secondary N) is 1. The van der Waals surface area contributed by atoms with Crippen LogP contribution in [0.1, 0.15) is 12.0 Å². The summed E-state index contributed by atoms with van der Waals surface area (Å²) in [6.07, 6.45) is 1.70. The Balaban J connectivity index is 2.49. The van der Waals surface area contributed by atoms with Gasteiger partial charge in [0.05, 0.1) is 13.5 Å². The molecule has 5 heteroatoms. The minimum absolute atomic E-state index is 0.0268. The van der Waals surface area contributed by atoms with E-state index < -0.39 is 5.97 Å². The topological polar surface area (TPSA) is 55.4 Å². The molecule has 17 heavy (non-hydrogen) atoms. The molecule has 0 aromatic heterocycles. The molecule has 1 aliphatic heterocycles. The van der Waals surface area contributed by atoms with E-state index >= 15 is 0 Å². The number of amides is 1. The number of halogens is 1. The van der Waals surface area contributed by atoms with Gasteiger partial charge < -0.3 is 10.1 Å². The molecule has 1 amide bonds. The van der Waals surface area contributed by atoms with Crippen LogP contribution in [0.3, 0.4) is 0 Å². The fourth-order valence-electron chi connectivity index (χ4n) is 1.63. The molecule has 1 N–H and O–H groups in total. The Morgan fingerprint density at radius 3 is 2.94 bits per heavy atom. The standard InChI is InChI=1S/C12H10BrNO3/c1-17-12(16)8-4-7-2-3-9(13)6-10(7)14-11(15)5-8/h2-4,6H,5H2,1H3,(H,14,15). The van der Waals surface area contributed by atoms with Gasteiger partial charge in [-0.2, -0.15) is 0 Å². The second-order valence-corrected chi connectivity index (χ2v) is 4.53. The van der Waals surface area contributed by atoms with Gasteiger partial charge in [-0.25, -0.2) is 4.79 Å². The van der Waals surface area contributed by atoms with Crippen molar-refractivity contribution in [3.63, 3.8) is 0 Å². The van der Waals surface area contributed by atoms with Crippen LogP contribution in [0, 0.1) is 0 Å². The van der Waals surface area contributed by atoms with E-state index in [0.29, 0.717) is 11.3 Å². The van der Waals surface area contributed by atoms with Gasteiger partial charge in [-0.3, -0.25) is 4.79 Å². The number of benzene rings is 1. The third-order valence-electron chi connectivity index (χ3n) is 2.42. The van der Waals surface area contributed by atoms with Crippen molar-refractivity contribution in [3.05, 3.63) is 33.8 Å². The highest BCUT2D eigenvalue weighted by Gasteiger charge is 2.19. The number of hydrogen-bond donors (Lipinski definition) is 1. The molecule has 0 spiro atoms. The van der Waals surface area contributed by atoms with E-state index in [1.54, 1.807) is 12.1 Å². The van der Waals surface area contributed by atoms with Crippen LogP contribution >= 0.6 is 15.9 Å². The Bertz CT molecular complexity index is 522. The van der Waals surface area contributed by atoms with Gasteiger partial charge in [0.1, 0.15) is 0 Å². The summed E-state index contributed by atoms with van der Waals surface area (Å²) in [5, 5.41) is 2.74. The number of carbonyl (C=O) groups excluding carboxylic acids is 2. The third kappa shape index (κ3) is 2.55. The van der Waals surface area contributed by atoms with Gasteiger partial charge in [0.15, 0.2) is 0 Å². The molecule has 0 saturated heterocycles. The number of anilines is 1. The molecular weight excluding hydrogens is 286 g/mol. The lowest BCUT2D eigenvalue weighted by Gasteiger charge is -2.05. The van der Waals surface area contributed by atoms with Crippen LogP contribution in [0.15, 0.2) is 28.2 Å². The summed E-state index contributed by atoms with van der Waals surface area (Å²) in [6, 6.07) is 5.47. The molecule has 1 aromatic rings. The van der Waals surface area contributed by atoms with Gasteiger partial charge >= 0.3 is 5.97 Å². The summed E-state index contributed by atoms with van der Waals surface area (Å²) < 4.78 is 5.50. The zero-order valence-electron chi connectivity index (χ0n) is 9.12. The van der Waals surface area contributed by atoms with Gasteiger partial charge in [-0.1, -0.05) is 22.0 Å². The van der Waals surface area contributed by atoms with Crippen molar-refractivity contribution in [2.45, 2.75) is 6.42 Å². The normalized spacial score (nSPS) is 14.2. The highest BCUT2D eigenvalue weighted by atomic mass is 79.9. The van der Waals surface area contributed by atoms with Crippen LogP contribution in [-0.4, -0.2) is 19.0 Å². The summed E-state index contributed by atoms with van der Waals surface area (Å²) >= 11 is 3.33. The Hall–Kier alpha value is -1.62. The fraction of sp³-hybridized carbons (Fsp3) is 0.167. The molecular formula is C12H10BrNO3. The number of methoxy groups -OCH3 is 1. The van der Waals surface area contributed by atoms with Gasteiger partial charge in [0, 0.05) is 15.7 Å². The maximum atomic E-state index is 11.6. The second kappa shape index (κ2) is 4.71. The van der Waals surface area contributed by atoms with Crippen molar-refractivity contribution < 1.29 is 14.3 Å². The lowest BCUT2D eigenvalue weighted by Crippen LogP contribution is -2.14. The second-order valence-electron chi connectivity index (χ2n) is 3.62. The quantitative estimate of drug-likeness (QED) is 0.809. The van der Waals surface area contributed by atoms with Crippen LogP contribution in [0.2, 0.25) is 0 Å². The molecule has 1 heterocycles. The summed E-state index contributed by atoms with van der Waals surface area (Å²) in [7, 11) is 1.30. The molecule has 0 atom stereocenters. The molecule has 0 bridgehead atoms. The van der Waals surface area contributed by atoms with Crippen LogP contribution in [-0.2, 0) is 14.3 Å². The van der Waals surface area contributed by atoms with E-state index in [1.807, 2.05) is 12.1 Å². The zero-order chi connectivity index (χ0) is 12.4. The van der Waals surface area contributed by atoms with Gasteiger partial charge in [0.25, 0.3) is 0 Å². The minimum Gasteiger partial charge on any atom is -0.466 e. The Labute approximate surface area is 107 Å². The lowest BCUT2D eigenvalue weighted by atomic mass is 10.1. The molecule has 2 rings (SSSR count). The van der Waals surface area contributed by atoms with Crippen molar-refractivity contribution in [1.82, 2.24) is 0 Å². The predicted octanol–water partition coefficient (Wildman–Crippen LogP) is 2.35. The summed E-state index contributed by atoms with van der Waals surface area (Å²) in [5.74, 6) is -0.700. The Morgan fingerprint density at radius 2 is 2.24 bits per heavy atom. The molecule has 0 radical (unpaired) electrons. The van der Waals surface area contributed by atoms with E-state index in [9.17, 15) is 9.59 Å². The van der Waals surface area contributed by atoms with Crippen molar-refractivity contribution in [2.24, 2.45) is 0 Å². The van der Waals surface area contributed by atoms with E-state index in [1.165, 1.54) is 7.11 Å². The number of esters is 1. The minimum atomic E-state index is -0.476. The van der Waals surface area contributed by atoms with Crippen LogP contribution < -0.4 is 5.32 Å². The number of rotatable bonds is 1. The molecule has 1 aliphatic rings.